The molecule has 0 radical (unpaired) electrons. The lowest BCUT2D eigenvalue weighted by Crippen LogP contribution is -1.98. The molecule has 1 aliphatic carbocycles. The van der Waals surface area contributed by atoms with E-state index in [2.05, 4.69) is 61.7 Å². The summed E-state index contributed by atoms with van der Waals surface area (Å²) in [5.41, 5.74) is 5.10. The zero-order valence-corrected chi connectivity index (χ0v) is 11.6. The Hall–Kier alpha value is -2.34. The van der Waals surface area contributed by atoms with E-state index in [1.165, 1.54) is 33.1 Å². The van der Waals surface area contributed by atoms with E-state index in [1.54, 1.807) is 0 Å². The molecule has 0 unspecified atom stereocenters. The Morgan fingerprint density at radius 1 is 0.900 bits per heavy atom. The van der Waals surface area contributed by atoms with Gasteiger partial charge in [-0.2, -0.15) is 0 Å². The van der Waals surface area contributed by atoms with Gasteiger partial charge in [-0.1, -0.05) is 67.8 Å². The number of hydrogen-bond donors (Lipinski definition) is 0. The topological polar surface area (TPSA) is 0 Å². The summed E-state index contributed by atoms with van der Waals surface area (Å²) in [6.07, 6.45) is 8.26. The predicted octanol–water partition coefficient (Wildman–Crippen LogP) is 5.69. The van der Waals surface area contributed by atoms with Gasteiger partial charge < -0.3 is 0 Å². The molecule has 0 nitrogen and oxygen atoms in total. The molecular weight excluding hydrogens is 240 g/mol. The normalized spacial score (nSPS) is 15.1. The average molecular weight is 258 g/mol. The quantitative estimate of drug-likeness (QED) is 0.664. The van der Waals surface area contributed by atoms with Crippen molar-refractivity contribution in [3.05, 3.63) is 90.6 Å². The second-order valence-electron chi connectivity index (χ2n) is 5.06. The molecule has 0 fully saturated rings. The van der Waals surface area contributed by atoms with Crippen LogP contribution in [0.25, 0.3) is 16.3 Å². The van der Waals surface area contributed by atoms with Crippen LogP contribution in [0, 0.1) is 0 Å². The summed E-state index contributed by atoms with van der Waals surface area (Å²) >= 11 is 0. The highest BCUT2D eigenvalue weighted by atomic mass is 14.2. The molecule has 0 N–H and O–H groups in total. The molecule has 0 saturated heterocycles. The maximum absolute atomic E-state index is 3.97. The SMILES string of the molecule is C=CC1=CCCC(c2ccc3ccccc3c2)=C1C=C. The van der Waals surface area contributed by atoms with Crippen molar-refractivity contribution in [2.45, 2.75) is 12.8 Å². The molecule has 20 heavy (non-hydrogen) atoms. The van der Waals surface area contributed by atoms with E-state index in [0.717, 1.165) is 12.8 Å². The molecule has 0 saturated carbocycles. The zero-order valence-electron chi connectivity index (χ0n) is 11.6. The lowest BCUT2D eigenvalue weighted by Gasteiger charge is -2.18. The Labute approximate surface area is 120 Å². The summed E-state index contributed by atoms with van der Waals surface area (Å²) in [5, 5.41) is 2.57. The Morgan fingerprint density at radius 3 is 2.45 bits per heavy atom. The lowest BCUT2D eigenvalue weighted by atomic mass is 9.86. The van der Waals surface area contributed by atoms with Crippen LogP contribution in [0.15, 0.2) is 85.0 Å². The van der Waals surface area contributed by atoms with Gasteiger partial charge in [0.1, 0.15) is 0 Å². The molecule has 0 atom stereocenters. The minimum Gasteiger partial charge on any atom is -0.0985 e. The summed E-state index contributed by atoms with van der Waals surface area (Å²) in [4.78, 5) is 0. The average Bonchev–Trinajstić information content (AvgIpc) is 2.53. The second kappa shape index (κ2) is 5.34. The number of fused-ring (bicyclic) bond motifs is 1. The minimum absolute atomic E-state index is 1.07. The van der Waals surface area contributed by atoms with Crippen molar-refractivity contribution in [1.29, 1.82) is 0 Å². The van der Waals surface area contributed by atoms with Gasteiger partial charge in [-0.15, -0.1) is 0 Å². The Bertz CT molecular complexity index is 741. The van der Waals surface area contributed by atoms with Gasteiger partial charge in [-0.3, -0.25) is 0 Å². The van der Waals surface area contributed by atoms with Crippen LogP contribution in [0.3, 0.4) is 0 Å². The molecule has 0 aliphatic heterocycles. The van der Waals surface area contributed by atoms with E-state index in [9.17, 15) is 0 Å². The molecule has 3 rings (SSSR count). The number of hydrogen-bond acceptors (Lipinski definition) is 0. The maximum Gasteiger partial charge on any atom is -0.0155 e. The molecule has 0 spiro atoms. The molecule has 0 heteroatoms. The van der Waals surface area contributed by atoms with Crippen molar-refractivity contribution in [3.8, 4) is 0 Å². The van der Waals surface area contributed by atoms with Crippen LogP contribution < -0.4 is 0 Å². The summed E-state index contributed by atoms with van der Waals surface area (Å²) in [6.45, 7) is 7.88. The first-order valence-electron chi connectivity index (χ1n) is 7.01. The van der Waals surface area contributed by atoms with Crippen LogP contribution >= 0.6 is 0 Å². The van der Waals surface area contributed by atoms with Crippen LogP contribution in [0.2, 0.25) is 0 Å². The van der Waals surface area contributed by atoms with Gasteiger partial charge in [-0.05, 0) is 52.0 Å². The fourth-order valence-electron chi connectivity index (χ4n) is 2.90. The third-order valence-electron chi connectivity index (χ3n) is 3.92. The summed E-state index contributed by atoms with van der Waals surface area (Å²) in [7, 11) is 0. The van der Waals surface area contributed by atoms with E-state index in [-0.39, 0.29) is 0 Å². The lowest BCUT2D eigenvalue weighted by molar-refractivity contribution is 1.03. The van der Waals surface area contributed by atoms with Crippen LogP contribution in [-0.2, 0) is 0 Å². The van der Waals surface area contributed by atoms with Crippen molar-refractivity contribution >= 4 is 16.3 Å². The first-order valence-corrected chi connectivity index (χ1v) is 7.01. The van der Waals surface area contributed by atoms with Crippen LogP contribution in [0.1, 0.15) is 18.4 Å². The zero-order chi connectivity index (χ0) is 13.9. The highest BCUT2D eigenvalue weighted by molar-refractivity contribution is 5.88. The fraction of sp³-hybridized carbons (Fsp3) is 0.100. The highest BCUT2D eigenvalue weighted by Gasteiger charge is 2.13. The van der Waals surface area contributed by atoms with Crippen molar-refractivity contribution in [3.63, 3.8) is 0 Å². The maximum atomic E-state index is 3.97. The standard InChI is InChI=1S/C20H18/c1-3-15-10-7-11-20(19(15)4-2)18-13-12-16-8-5-6-9-17(16)14-18/h3-6,8-10,12-14H,1-2,7,11H2. The third-order valence-corrected chi connectivity index (χ3v) is 3.92. The molecular formula is C20H18. The van der Waals surface area contributed by atoms with Gasteiger partial charge >= 0.3 is 0 Å². The summed E-state index contributed by atoms with van der Waals surface area (Å²) in [5.74, 6) is 0. The largest absolute Gasteiger partial charge is 0.0985 e. The van der Waals surface area contributed by atoms with Gasteiger partial charge in [-0.25, -0.2) is 0 Å². The van der Waals surface area contributed by atoms with Crippen LogP contribution in [-0.4, -0.2) is 0 Å². The fourth-order valence-corrected chi connectivity index (χ4v) is 2.90. The third kappa shape index (κ3) is 2.14. The smallest absolute Gasteiger partial charge is 0.0155 e. The second-order valence-corrected chi connectivity index (χ2v) is 5.06. The van der Waals surface area contributed by atoms with E-state index >= 15 is 0 Å². The van der Waals surface area contributed by atoms with Crippen molar-refractivity contribution in [1.82, 2.24) is 0 Å². The van der Waals surface area contributed by atoms with Crippen molar-refractivity contribution in [2.24, 2.45) is 0 Å². The number of benzene rings is 2. The van der Waals surface area contributed by atoms with Gasteiger partial charge in [0.25, 0.3) is 0 Å². The Morgan fingerprint density at radius 2 is 1.70 bits per heavy atom. The Kier molecular flexibility index (Phi) is 3.39. The molecule has 0 amide bonds. The van der Waals surface area contributed by atoms with Crippen molar-refractivity contribution < 1.29 is 0 Å². The first kappa shape index (κ1) is 12.7. The molecule has 1 aliphatic rings. The van der Waals surface area contributed by atoms with Gasteiger partial charge in [0.15, 0.2) is 0 Å². The molecule has 0 heterocycles. The molecule has 98 valence electrons. The molecule has 0 aromatic heterocycles. The summed E-state index contributed by atoms with van der Waals surface area (Å²) in [6, 6.07) is 15.2. The number of allylic oxidation sites excluding steroid dienone is 6. The van der Waals surface area contributed by atoms with E-state index < -0.39 is 0 Å². The first-order chi connectivity index (χ1) is 9.83. The Balaban J connectivity index is 2.18. The number of rotatable bonds is 3. The van der Waals surface area contributed by atoms with Gasteiger partial charge in [0.2, 0.25) is 0 Å². The monoisotopic (exact) mass is 258 g/mol. The van der Waals surface area contributed by atoms with E-state index in [0.29, 0.717) is 0 Å². The van der Waals surface area contributed by atoms with Gasteiger partial charge in [0.05, 0.1) is 0 Å². The summed E-state index contributed by atoms with van der Waals surface area (Å²) < 4.78 is 0. The molecule has 0 bridgehead atoms. The van der Waals surface area contributed by atoms with Gasteiger partial charge in [0, 0.05) is 0 Å². The highest BCUT2D eigenvalue weighted by Crippen LogP contribution is 2.34. The minimum atomic E-state index is 1.07. The van der Waals surface area contributed by atoms with E-state index in [1.807, 2.05) is 12.2 Å². The molecule has 2 aromatic rings. The molecule has 2 aromatic carbocycles. The van der Waals surface area contributed by atoms with E-state index in [4.69, 9.17) is 0 Å². The predicted molar refractivity (Wildman–Crippen MR) is 88.6 cm³/mol. The van der Waals surface area contributed by atoms with Crippen molar-refractivity contribution in [2.75, 3.05) is 0 Å². The van der Waals surface area contributed by atoms with Crippen LogP contribution in [0.5, 0.6) is 0 Å². The van der Waals surface area contributed by atoms with Crippen LogP contribution in [0.4, 0.5) is 0 Å².